The number of hydrogen-bond donors (Lipinski definition) is 3. The first-order chi connectivity index (χ1) is 9.54. The normalized spacial score (nSPS) is 29.6. The van der Waals surface area contributed by atoms with Crippen molar-refractivity contribution in [2.75, 3.05) is 6.54 Å². The lowest BCUT2D eigenvalue weighted by Crippen LogP contribution is -2.52. The second kappa shape index (κ2) is 6.30. The second-order valence-electron chi connectivity index (χ2n) is 5.02. The van der Waals surface area contributed by atoms with Crippen LogP contribution in [0, 0.1) is 5.92 Å². The number of aliphatic hydroxyl groups is 1. The van der Waals surface area contributed by atoms with Crippen molar-refractivity contribution in [2.45, 2.75) is 30.8 Å². The lowest BCUT2D eigenvalue weighted by atomic mass is 9.88. The van der Waals surface area contributed by atoms with Crippen LogP contribution < -0.4 is 11.5 Å². The van der Waals surface area contributed by atoms with Crippen molar-refractivity contribution in [1.29, 1.82) is 0 Å². The summed E-state index contributed by atoms with van der Waals surface area (Å²) in [5, 5.41) is 10.1. The van der Waals surface area contributed by atoms with E-state index in [1.54, 1.807) is 30.3 Å². The maximum absolute atomic E-state index is 14.2. The molecule has 6 heteroatoms. The number of nitrogens with two attached hydrogens (primary N) is 2. The lowest BCUT2D eigenvalue weighted by molar-refractivity contribution is -0.172. The Hall–Kier alpha value is -1.50. The molecular weight excluding hydrogens is 263 g/mol. The van der Waals surface area contributed by atoms with Gasteiger partial charge >= 0.3 is 5.97 Å². The zero-order valence-electron chi connectivity index (χ0n) is 11.0. The van der Waals surface area contributed by atoms with E-state index < -0.39 is 36.3 Å². The van der Waals surface area contributed by atoms with Crippen LogP contribution in [-0.4, -0.2) is 35.9 Å². The van der Waals surface area contributed by atoms with E-state index in [0.29, 0.717) is 5.56 Å². The smallest absolute Gasteiger partial charge is 0.312 e. The fourth-order valence-corrected chi connectivity index (χ4v) is 2.39. The van der Waals surface area contributed by atoms with Crippen molar-refractivity contribution in [3.05, 3.63) is 35.9 Å². The minimum absolute atomic E-state index is 0.0839. The van der Waals surface area contributed by atoms with Crippen LogP contribution in [0.3, 0.4) is 0 Å². The molecule has 1 heterocycles. The van der Waals surface area contributed by atoms with E-state index in [1.165, 1.54) is 0 Å². The van der Waals surface area contributed by atoms with E-state index in [2.05, 4.69) is 0 Å². The van der Waals surface area contributed by atoms with Crippen molar-refractivity contribution in [3.8, 4) is 0 Å². The predicted octanol–water partition coefficient (Wildman–Crippen LogP) is 0.276. The standard InChI is InChI=1S/C14H19FN2O3/c15-12(8-4-2-1-3-5-8)13(18)11-6-10(17)9(7-16)14(19)20-11/h1-5,9-13,18H,6-7,16-17H2/t9-,10-,11-,12?,13?/m1/s1. The number of halogens is 1. The summed E-state index contributed by atoms with van der Waals surface area (Å²) in [6, 6.07) is 7.73. The van der Waals surface area contributed by atoms with E-state index in [9.17, 15) is 14.3 Å². The van der Waals surface area contributed by atoms with Gasteiger partial charge in [0.2, 0.25) is 0 Å². The number of cyclic esters (lactones) is 1. The van der Waals surface area contributed by atoms with Crippen LogP contribution in [0.4, 0.5) is 4.39 Å². The summed E-state index contributed by atoms with van der Waals surface area (Å²) in [5.74, 6) is -1.16. The van der Waals surface area contributed by atoms with E-state index in [0.717, 1.165) is 0 Å². The molecule has 110 valence electrons. The predicted molar refractivity (Wildman–Crippen MR) is 71.3 cm³/mol. The third-order valence-electron chi connectivity index (χ3n) is 3.64. The molecule has 0 aromatic heterocycles. The van der Waals surface area contributed by atoms with Gasteiger partial charge in [0.1, 0.15) is 12.2 Å². The van der Waals surface area contributed by atoms with Crippen LogP contribution in [0.2, 0.25) is 0 Å². The molecule has 2 unspecified atom stereocenters. The highest BCUT2D eigenvalue weighted by Crippen LogP contribution is 2.29. The first-order valence-electron chi connectivity index (χ1n) is 6.57. The molecule has 1 aromatic rings. The number of benzene rings is 1. The SMILES string of the molecule is NC[C@H]1C(=O)O[C@@H](C(O)C(F)c2ccccc2)C[C@H]1N. The summed E-state index contributed by atoms with van der Waals surface area (Å²) in [6.07, 6.45) is -3.82. The molecule has 0 amide bonds. The minimum Gasteiger partial charge on any atom is -0.459 e. The Morgan fingerprint density at radius 2 is 2.05 bits per heavy atom. The summed E-state index contributed by atoms with van der Waals surface area (Å²) in [6.45, 7) is 0.0839. The molecule has 1 aliphatic rings. The van der Waals surface area contributed by atoms with Crippen molar-refractivity contribution in [1.82, 2.24) is 0 Å². The van der Waals surface area contributed by atoms with Gasteiger partial charge in [0.25, 0.3) is 0 Å². The van der Waals surface area contributed by atoms with Crippen LogP contribution >= 0.6 is 0 Å². The maximum Gasteiger partial charge on any atom is 0.312 e. The Morgan fingerprint density at radius 1 is 1.40 bits per heavy atom. The Bertz CT molecular complexity index is 457. The van der Waals surface area contributed by atoms with E-state index >= 15 is 0 Å². The number of alkyl halides is 1. The van der Waals surface area contributed by atoms with Crippen LogP contribution in [0.25, 0.3) is 0 Å². The molecule has 0 bridgehead atoms. The highest BCUT2D eigenvalue weighted by molar-refractivity contribution is 5.74. The summed E-state index contributed by atoms with van der Waals surface area (Å²) >= 11 is 0. The van der Waals surface area contributed by atoms with Crippen molar-refractivity contribution in [3.63, 3.8) is 0 Å². The number of hydrogen-bond acceptors (Lipinski definition) is 5. The van der Waals surface area contributed by atoms with Crippen molar-refractivity contribution in [2.24, 2.45) is 17.4 Å². The Labute approximate surface area is 116 Å². The number of ether oxygens (including phenoxy) is 1. The molecule has 0 saturated carbocycles. The Balaban J connectivity index is 2.06. The van der Waals surface area contributed by atoms with E-state index in [1.807, 2.05) is 0 Å². The Kier molecular flexibility index (Phi) is 4.69. The van der Waals surface area contributed by atoms with Gasteiger partial charge in [-0.3, -0.25) is 4.79 Å². The van der Waals surface area contributed by atoms with Gasteiger partial charge in [-0.1, -0.05) is 30.3 Å². The van der Waals surface area contributed by atoms with Crippen LogP contribution in [0.5, 0.6) is 0 Å². The van der Waals surface area contributed by atoms with Crippen molar-refractivity contribution < 1.29 is 19.0 Å². The van der Waals surface area contributed by atoms with Crippen LogP contribution in [0.15, 0.2) is 30.3 Å². The first-order valence-corrected chi connectivity index (χ1v) is 6.57. The highest BCUT2D eigenvalue weighted by Gasteiger charge is 2.41. The number of carbonyl (C=O) groups excluding carboxylic acids is 1. The fourth-order valence-electron chi connectivity index (χ4n) is 2.39. The number of esters is 1. The molecule has 0 aliphatic carbocycles. The lowest BCUT2D eigenvalue weighted by Gasteiger charge is -2.35. The molecule has 1 aliphatic heterocycles. The highest BCUT2D eigenvalue weighted by atomic mass is 19.1. The molecule has 20 heavy (non-hydrogen) atoms. The largest absolute Gasteiger partial charge is 0.459 e. The molecule has 5 atom stereocenters. The third-order valence-corrected chi connectivity index (χ3v) is 3.64. The minimum atomic E-state index is -1.63. The average Bonchev–Trinajstić information content (AvgIpc) is 2.46. The molecule has 5 N–H and O–H groups in total. The summed E-state index contributed by atoms with van der Waals surface area (Å²) in [5.41, 5.74) is 11.6. The molecule has 2 rings (SSSR count). The third kappa shape index (κ3) is 2.98. The van der Waals surface area contributed by atoms with Gasteiger partial charge in [0, 0.05) is 19.0 Å². The van der Waals surface area contributed by atoms with E-state index in [-0.39, 0.29) is 13.0 Å². The summed E-state index contributed by atoms with van der Waals surface area (Å²) < 4.78 is 19.3. The monoisotopic (exact) mass is 282 g/mol. The van der Waals surface area contributed by atoms with Gasteiger partial charge in [-0.15, -0.1) is 0 Å². The van der Waals surface area contributed by atoms with Crippen molar-refractivity contribution >= 4 is 5.97 Å². The molecule has 1 aromatic carbocycles. The van der Waals surface area contributed by atoms with E-state index in [4.69, 9.17) is 16.2 Å². The summed E-state index contributed by atoms with van der Waals surface area (Å²) in [4.78, 5) is 11.7. The molecule has 1 saturated heterocycles. The van der Waals surface area contributed by atoms with Gasteiger partial charge < -0.3 is 21.3 Å². The number of aliphatic hydroxyl groups excluding tert-OH is 1. The summed E-state index contributed by atoms with van der Waals surface area (Å²) in [7, 11) is 0. The average molecular weight is 282 g/mol. The van der Waals surface area contributed by atoms with Crippen LogP contribution in [-0.2, 0) is 9.53 Å². The molecular formula is C14H19FN2O3. The topological polar surface area (TPSA) is 98.6 Å². The quantitative estimate of drug-likeness (QED) is 0.689. The van der Waals surface area contributed by atoms with Crippen LogP contribution in [0.1, 0.15) is 18.2 Å². The van der Waals surface area contributed by atoms with Gasteiger partial charge in [-0.2, -0.15) is 0 Å². The van der Waals surface area contributed by atoms with Gasteiger partial charge in [0.05, 0.1) is 5.92 Å². The first kappa shape index (κ1) is 14.9. The number of carbonyl (C=O) groups is 1. The van der Waals surface area contributed by atoms with Gasteiger partial charge in [-0.05, 0) is 5.56 Å². The fraction of sp³-hybridized carbons (Fsp3) is 0.500. The molecule has 0 radical (unpaired) electrons. The zero-order valence-corrected chi connectivity index (χ0v) is 11.0. The number of rotatable bonds is 4. The second-order valence-corrected chi connectivity index (χ2v) is 5.02. The zero-order chi connectivity index (χ0) is 14.7. The molecule has 5 nitrogen and oxygen atoms in total. The van der Waals surface area contributed by atoms with Gasteiger partial charge in [0.15, 0.2) is 6.17 Å². The maximum atomic E-state index is 14.2. The van der Waals surface area contributed by atoms with Gasteiger partial charge in [-0.25, -0.2) is 4.39 Å². The molecule has 1 fully saturated rings. The molecule has 0 spiro atoms. The Morgan fingerprint density at radius 3 is 2.60 bits per heavy atom.